The molecule has 12 heteroatoms. The van der Waals surface area contributed by atoms with Crippen LogP contribution in [0, 0.1) is 19.7 Å². The van der Waals surface area contributed by atoms with Crippen molar-refractivity contribution in [3.05, 3.63) is 74.5 Å². The monoisotopic (exact) mass is 505 g/mol. The van der Waals surface area contributed by atoms with E-state index in [-0.39, 0.29) is 42.7 Å². The molecule has 34 heavy (non-hydrogen) atoms. The highest BCUT2D eigenvalue weighted by Crippen LogP contribution is 2.34. The van der Waals surface area contributed by atoms with Crippen LogP contribution in [0.4, 0.5) is 17.6 Å². The molecule has 0 unspecified atom stereocenters. The Labute approximate surface area is 197 Å². The van der Waals surface area contributed by atoms with Gasteiger partial charge in [0.2, 0.25) is 5.43 Å². The molecule has 5 aromatic rings. The first kappa shape index (κ1) is 22.4. The first-order valence-corrected chi connectivity index (χ1v) is 10.9. The van der Waals surface area contributed by atoms with Crippen molar-refractivity contribution in [1.82, 2.24) is 24.7 Å². The van der Waals surface area contributed by atoms with Crippen LogP contribution in [0.2, 0.25) is 5.02 Å². The second-order valence-corrected chi connectivity index (χ2v) is 8.96. The van der Waals surface area contributed by atoms with Crippen LogP contribution in [-0.2, 0) is 6.18 Å². The molecule has 0 saturated heterocycles. The van der Waals surface area contributed by atoms with Crippen LogP contribution in [0.25, 0.3) is 37.6 Å². The summed E-state index contributed by atoms with van der Waals surface area (Å²) >= 11 is 6.74. The topological polar surface area (TPSA) is 73.6 Å². The third-order valence-corrected chi connectivity index (χ3v) is 6.47. The predicted octanol–water partition coefficient (Wildman–Crippen LogP) is 5.88. The maximum atomic E-state index is 14.8. The fraction of sp³-hybridized carbons (Fsp3) is 0.136. The highest BCUT2D eigenvalue weighted by Gasteiger charge is 2.33. The van der Waals surface area contributed by atoms with Gasteiger partial charge in [-0.25, -0.2) is 24.0 Å². The van der Waals surface area contributed by atoms with Gasteiger partial charge >= 0.3 is 6.18 Å². The van der Waals surface area contributed by atoms with Crippen molar-refractivity contribution >= 4 is 44.2 Å². The number of aryl methyl sites for hydroxylation is 2. The zero-order valence-electron chi connectivity index (χ0n) is 17.4. The molecule has 0 spiro atoms. The molecule has 0 N–H and O–H groups in total. The van der Waals surface area contributed by atoms with Gasteiger partial charge in [-0.1, -0.05) is 11.6 Å². The standard InChI is InChI=1S/C22H12ClF4N5OS/c1-9-5-15-18(29-10(9)2)20(33)19(31-32(15)14-4-3-11(23)6-12(14)24)21-30-13-8-28-17(22(25,26)27)7-16(13)34-21/h3-8H,1-2H3. The van der Waals surface area contributed by atoms with E-state index < -0.39 is 23.1 Å². The molecule has 6 nitrogen and oxygen atoms in total. The Bertz CT molecular complexity index is 1680. The zero-order chi connectivity index (χ0) is 24.4. The van der Waals surface area contributed by atoms with E-state index >= 15 is 0 Å². The lowest BCUT2D eigenvalue weighted by molar-refractivity contribution is -0.141. The van der Waals surface area contributed by atoms with Crippen LogP contribution in [0.1, 0.15) is 17.0 Å². The number of aromatic nitrogens is 5. The molecule has 0 saturated carbocycles. The van der Waals surface area contributed by atoms with Crippen molar-refractivity contribution < 1.29 is 17.6 Å². The van der Waals surface area contributed by atoms with E-state index in [2.05, 4.69) is 20.1 Å². The summed E-state index contributed by atoms with van der Waals surface area (Å²) in [6.07, 6.45) is -3.64. The minimum absolute atomic E-state index is 0.0165. The second kappa shape index (κ2) is 7.81. The first-order valence-electron chi connectivity index (χ1n) is 9.74. The Morgan fingerprint density at radius 3 is 2.56 bits per heavy atom. The lowest BCUT2D eigenvalue weighted by Crippen LogP contribution is -2.18. The Morgan fingerprint density at radius 1 is 1.09 bits per heavy atom. The van der Waals surface area contributed by atoms with Gasteiger partial charge in [0.25, 0.3) is 0 Å². The number of hydrogen-bond acceptors (Lipinski definition) is 6. The summed E-state index contributed by atoms with van der Waals surface area (Å²) in [6.45, 7) is 3.52. The number of alkyl halides is 3. The Kier molecular flexibility index (Phi) is 5.14. The largest absolute Gasteiger partial charge is 0.433 e. The number of halogens is 5. The molecule has 0 aliphatic rings. The molecule has 0 aliphatic carbocycles. The molecule has 4 aromatic heterocycles. The molecule has 0 bridgehead atoms. The minimum Gasteiger partial charge on any atom is -0.285 e. The molecular weight excluding hydrogens is 494 g/mol. The van der Waals surface area contributed by atoms with Crippen LogP contribution < -0.4 is 5.43 Å². The number of fused-ring (bicyclic) bond motifs is 2. The van der Waals surface area contributed by atoms with Gasteiger partial charge in [0.05, 0.1) is 16.4 Å². The molecule has 4 heterocycles. The summed E-state index contributed by atoms with van der Waals surface area (Å²) in [5.74, 6) is -0.683. The number of thiazole rings is 1. The number of benzene rings is 1. The van der Waals surface area contributed by atoms with Gasteiger partial charge < -0.3 is 0 Å². The zero-order valence-corrected chi connectivity index (χ0v) is 19.0. The van der Waals surface area contributed by atoms with Crippen molar-refractivity contribution in [2.75, 3.05) is 0 Å². The summed E-state index contributed by atoms with van der Waals surface area (Å²) in [5.41, 5.74) is 0.00293. The van der Waals surface area contributed by atoms with E-state index in [9.17, 15) is 22.4 Å². The molecule has 1 aromatic carbocycles. The predicted molar refractivity (Wildman–Crippen MR) is 121 cm³/mol. The second-order valence-electron chi connectivity index (χ2n) is 7.50. The van der Waals surface area contributed by atoms with Crippen LogP contribution >= 0.6 is 22.9 Å². The quantitative estimate of drug-likeness (QED) is 0.280. The number of nitrogens with zero attached hydrogens (tertiary/aromatic N) is 5. The van der Waals surface area contributed by atoms with Gasteiger partial charge in [0.1, 0.15) is 33.2 Å². The van der Waals surface area contributed by atoms with Gasteiger partial charge in [-0.3, -0.25) is 4.79 Å². The Balaban J connectivity index is 1.82. The lowest BCUT2D eigenvalue weighted by Gasteiger charge is -2.13. The summed E-state index contributed by atoms with van der Waals surface area (Å²) < 4.78 is 55.4. The van der Waals surface area contributed by atoms with Crippen LogP contribution in [0.15, 0.2) is 41.3 Å². The fourth-order valence-electron chi connectivity index (χ4n) is 3.40. The van der Waals surface area contributed by atoms with Crippen LogP contribution in [-0.4, -0.2) is 24.7 Å². The molecule has 0 radical (unpaired) electrons. The number of rotatable bonds is 2. The molecule has 0 atom stereocenters. The highest BCUT2D eigenvalue weighted by molar-refractivity contribution is 7.21. The van der Waals surface area contributed by atoms with Crippen molar-refractivity contribution in [1.29, 1.82) is 0 Å². The maximum Gasteiger partial charge on any atom is 0.433 e. The van der Waals surface area contributed by atoms with E-state index in [1.165, 1.54) is 16.8 Å². The molecule has 172 valence electrons. The average Bonchev–Trinajstić information content (AvgIpc) is 3.18. The highest BCUT2D eigenvalue weighted by atomic mass is 35.5. The van der Waals surface area contributed by atoms with Gasteiger partial charge in [0, 0.05) is 10.7 Å². The fourth-order valence-corrected chi connectivity index (χ4v) is 4.51. The van der Waals surface area contributed by atoms with E-state index in [1.807, 2.05) is 0 Å². The van der Waals surface area contributed by atoms with Crippen LogP contribution in [0.5, 0.6) is 0 Å². The van der Waals surface area contributed by atoms with E-state index in [1.54, 1.807) is 19.9 Å². The average molecular weight is 506 g/mol. The number of pyridine rings is 2. The first-order chi connectivity index (χ1) is 16.0. The summed E-state index contributed by atoms with van der Waals surface area (Å²) in [6, 6.07) is 6.52. The van der Waals surface area contributed by atoms with Crippen LogP contribution in [0.3, 0.4) is 0 Å². The van der Waals surface area contributed by atoms with Gasteiger partial charge in [-0.15, -0.1) is 11.3 Å². The number of hydrogen-bond donors (Lipinski definition) is 0. The van der Waals surface area contributed by atoms with E-state index in [0.717, 1.165) is 35.2 Å². The minimum atomic E-state index is -4.63. The summed E-state index contributed by atoms with van der Waals surface area (Å²) in [5, 5.41) is 4.59. The Hall–Kier alpha value is -3.44. The van der Waals surface area contributed by atoms with E-state index in [4.69, 9.17) is 11.6 Å². The molecule has 5 rings (SSSR count). The molecule has 0 amide bonds. The summed E-state index contributed by atoms with van der Waals surface area (Å²) in [4.78, 5) is 25.4. The smallest absolute Gasteiger partial charge is 0.285 e. The third kappa shape index (κ3) is 3.70. The van der Waals surface area contributed by atoms with Gasteiger partial charge in [-0.2, -0.15) is 18.3 Å². The summed E-state index contributed by atoms with van der Waals surface area (Å²) in [7, 11) is 0. The van der Waals surface area contributed by atoms with Crippen molar-refractivity contribution in [3.63, 3.8) is 0 Å². The maximum absolute atomic E-state index is 14.8. The lowest BCUT2D eigenvalue weighted by atomic mass is 10.2. The molecule has 0 fully saturated rings. The molecule has 0 aliphatic heterocycles. The SMILES string of the molecule is Cc1cc2c(nc1C)c(=O)c(-c1nc3cnc(C(F)(F)F)cc3s1)nn2-c1ccc(Cl)cc1F. The van der Waals surface area contributed by atoms with Gasteiger partial charge in [-0.05, 0) is 49.7 Å². The van der Waals surface area contributed by atoms with Crippen molar-refractivity contribution in [3.8, 4) is 16.4 Å². The third-order valence-electron chi connectivity index (χ3n) is 5.21. The Morgan fingerprint density at radius 2 is 1.85 bits per heavy atom. The van der Waals surface area contributed by atoms with Crippen molar-refractivity contribution in [2.45, 2.75) is 20.0 Å². The van der Waals surface area contributed by atoms with Crippen molar-refractivity contribution in [2.24, 2.45) is 0 Å². The normalized spacial score (nSPS) is 12.1. The molecular formula is C22H12ClF4N5OS. The van der Waals surface area contributed by atoms with E-state index in [0.29, 0.717) is 5.69 Å². The van der Waals surface area contributed by atoms with Gasteiger partial charge in [0.15, 0.2) is 5.69 Å².